The molecule has 0 radical (unpaired) electrons. The molecular formula is C9H17NO3S. The van der Waals surface area contributed by atoms with Crippen LogP contribution in [0.15, 0.2) is 0 Å². The minimum absolute atomic E-state index is 0.0834. The smallest absolute Gasteiger partial charge is 0.222 e. The molecule has 14 heavy (non-hydrogen) atoms. The molecule has 1 amide bonds. The first-order valence-corrected chi connectivity index (χ1v) is 6.65. The zero-order chi connectivity index (χ0) is 11.0. The topological polar surface area (TPSA) is 63.2 Å². The van der Waals surface area contributed by atoms with Crippen molar-refractivity contribution in [1.82, 2.24) is 5.32 Å². The Hall–Kier alpha value is -0.580. The van der Waals surface area contributed by atoms with Crippen LogP contribution in [-0.4, -0.2) is 31.9 Å². The van der Waals surface area contributed by atoms with Crippen molar-refractivity contribution in [3.05, 3.63) is 0 Å². The number of carbonyl (C=O) groups is 1. The molecule has 0 unspecified atom stereocenters. The summed E-state index contributed by atoms with van der Waals surface area (Å²) in [5.74, 6) is -0.176. The minimum Gasteiger partial charge on any atom is -0.354 e. The Labute approximate surface area is 85.0 Å². The molecule has 1 aliphatic rings. The Morgan fingerprint density at radius 3 is 2.21 bits per heavy atom. The van der Waals surface area contributed by atoms with Crippen molar-refractivity contribution < 1.29 is 13.2 Å². The molecule has 1 saturated carbocycles. The molecular weight excluding hydrogens is 202 g/mol. The number of nitrogens with one attached hydrogen (secondary N) is 1. The van der Waals surface area contributed by atoms with Gasteiger partial charge in [-0.2, -0.15) is 0 Å². The van der Waals surface area contributed by atoms with Gasteiger partial charge in [-0.25, -0.2) is 8.42 Å². The number of amides is 1. The molecule has 4 nitrogen and oxygen atoms in total. The average molecular weight is 219 g/mol. The molecule has 0 aromatic carbocycles. The maximum absolute atomic E-state index is 11.3. The van der Waals surface area contributed by atoms with E-state index in [4.69, 9.17) is 0 Å². The van der Waals surface area contributed by atoms with E-state index in [1.54, 1.807) is 13.8 Å². The molecule has 1 N–H and O–H groups in total. The van der Waals surface area contributed by atoms with Gasteiger partial charge in [0.25, 0.3) is 0 Å². The van der Waals surface area contributed by atoms with Gasteiger partial charge in [-0.1, -0.05) is 13.8 Å². The van der Waals surface area contributed by atoms with Crippen molar-refractivity contribution in [1.29, 1.82) is 0 Å². The van der Waals surface area contributed by atoms with Crippen LogP contribution in [0.4, 0.5) is 0 Å². The normalized spacial score (nSPS) is 19.4. The van der Waals surface area contributed by atoms with Gasteiger partial charge in [0, 0.05) is 18.7 Å². The molecule has 0 aliphatic heterocycles. The maximum atomic E-state index is 11.3. The minimum atomic E-state index is -3.03. The van der Waals surface area contributed by atoms with E-state index in [1.165, 1.54) is 6.26 Å². The van der Waals surface area contributed by atoms with Gasteiger partial charge in [0.15, 0.2) is 9.84 Å². The van der Waals surface area contributed by atoms with Crippen LogP contribution in [0.3, 0.4) is 0 Å². The molecule has 0 saturated heterocycles. The van der Waals surface area contributed by atoms with E-state index >= 15 is 0 Å². The monoisotopic (exact) mass is 219 g/mol. The summed E-state index contributed by atoms with van der Waals surface area (Å²) in [6.45, 7) is 3.84. The summed E-state index contributed by atoms with van der Waals surface area (Å²) in [5, 5.41) is 2.67. The van der Waals surface area contributed by atoms with Crippen LogP contribution in [0.2, 0.25) is 0 Å². The lowest BCUT2D eigenvalue weighted by Crippen LogP contribution is -2.39. The molecule has 1 aliphatic carbocycles. The van der Waals surface area contributed by atoms with E-state index in [9.17, 15) is 13.2 Å². The molecule has 0 spiro atoms. The SMILES string of the molecule is CC(C)C(=O)NCC1(S(C)(=O)=O)CC1. The van der Waals surface area contributed by atoms with Gasteiger partial charge in [-0.3, -0.25) is 4.79 Å². The van der Waals surface area contributed by atoms with E-state index in [1.807, 2.05) is 0 Å². The summed E-state index contributed by atoms with van der Waals surface area (Å²) >= 11 is 0. The molecule has 0 heterocycles. The predicted molar refractivity (Wildman–Crippen MR) is 54.7 cm³/mol. The van der Waals surface area contributed by atoms with Crippen LogP contribution >= 0.6 is 0 Å². The summed E-state index contributed by atoms with van der Waals surface area (Å²) in [6, 6.07) is 0. The van der Waals surface area contributed by atoms with Crippen molar-refractivity contribution in [2.75, 3.05) is 12.8 Å². The highest BCUT2D eigenvalue weighted by atomic mass is 32.2. The van der Waals surface area contributed by atoms with Crippen molar-refractivity contribution in [2.45, 2.75) is 31.4 Å². The highest BCUT2D eigenvalue weighted by molar-refractivity contribution is 7.92. The van der Waals surface area contributed by atoms with Crippen LogP contribution in [0.25, 0.3) is 0 Å². The number of rotatable bonds is 4. The third-order valence-electron chi connectivity index (χ3n) is 2.70. The van der Waals surface area contributed by atoms with E-state index in [0.29, 0.717) is 12.8 Å². The van der Waals surface area contributed by atoms with Crippen LogP contribution < -0.4 is 5.32 Å². The third-order valence-corrected chi connectivity index (χ3v) is 4.83. The fraction of sp³-hybridized carbons (Fsp3) is 0.889. The van der Waals surface area contributed by atoms with E-state index in [-0.39, 0.29) is 18.4 Å². The number of hydrogen-bond donors (Lipinski definition) is 1. The molecule has 0 aromatic heterocycles. The van der Waals surface area contributed by atoms with Crippen LogP contribution in [0.5, 0.6) is 0 Å². The second kappa shape index (κ2) is 3.53. The van der Waals surface area contributed by atoms with Crippen molar-refractivity contribution in [2.24, 2.45) is 5.92 Å². The highest BCUT2D eigenvalue weighted by Crippen LogP contribution is 2.42. The lowest BCUT2D eigenvalue weighted by molar-refractivity contribution is -0.123. The van der Waals surface area contributed by atoms with Gasteiger partial charge >= 0.3 is 0 Å². The second-order valence-electron chi connectivity index (χ2n) is 4.33. The third kappa shape index (κ3) is 2.26. The standard InChI is InChI=1S/C9H17NO3S/c1-7(2)8(11)10-6-9(4-5-9)14(3,12)13/h7H,4-6H2,1-3H3,(H,10,11). The quantitative estimate of drug-likeness (QED) is 0.741. The van der Waals surface area contributed by atoms with Crippen LogP contribution in [-0.2, 0) is 14.6 Å². The Kier molecular flexibility index (Phi) is 2.90. The highest BCUT2D eigenvalue weighted by Gasteiger charge is 2.52. The van der Waals surface area contributed by atoms with Gasteiger partial charge in [-0.15, -0.1) is 0 Å². The zero-order valence-corrected chi connectivity index (χ0v) is 9.65. The average Bonchev–Trinajstić information content (AvgIpc) is 2.78. The van der Waals surface area contributed by atoms with Crippen molar-refractivity contribution >= 4 is 15.7 Å². The first-order chi connectivity index (χ1) is 6.28. The lowest BCUT2D eigenvalue weighted by atomic mass is 10.2. The predicted octanol–water partition coefficient (Wildman–Crippen LogP) is 0.336. The molecule has 82 valence electrons. The summed E-state index contributed by atoms with van der Waals surface area (Å²) in [5.41, 5.74) is 0. The lowest BCUT2D eigenvalue weighted by Gasteiger charge is -2.14. The van der Waals surface area contributed by atoms with Gasteiger partial charge in [0.05, 0.1) is 4.75 Å². The molecule has 1 rings (SSSR count). The van der Waals surface area contributed by atoms with E-state index < -0.39 is 14.6 Å². The Bertz CT molecular complexity index is 328. The first-order valence-electron chi connectivity index (χ1n) is 4.76. The fourth-order valence-electron chi connectivity index (χ4n) is 1.27. The summed E-state index contributed by atoms with van der Waals surface area (Å²) in [7, 11) is -3.03. The summed E-state index contributed by atoms with van der Waals surface area (Å²) in [4.78, 5) is 11.2. The van der Waals surface area contributed by atoms with Gasteiger partial charge in [0.1, 0.15) is 0 Å². The Morgan fingerprint density at radius 1 is 1.43 bits per heavy atom. The molecule has 0 atom stereocenters. The maximum Gasteiger partial charge on any atom is 0.222 e. The largest absolute Gasteiger partial charge is 0.354 e. The van der Waals surface area contributed by atoms with Crippen molar-refractivity contribution in [3.8, 4) is 0 Å². The van der Waals surface area contributed by atoms with Crippen LogP contribution in [0.1, 0.15) is 26.7 Å². The second-order valence-corrected chi connectivity index (χ2v) is 6.74. The van der Waals surface area contributed by atoms with E-state index in [2.05, 4.69) is 5.32 Å². The Balaban J connectivity index is 2.51. The number of carbonyl (C=O) groups excluding carboxylic acids is 1. The fourth-order valence-corrected chi connectivity index (χ4v) is 2.45. The summed E-state index contributed by atoms with van der Waals surface area (Å²) in [6.07, 6.45) is 2.58. The first kappa shape index (κ1) is 11.5. The zero-order valence-electron chi connectivity index (χ0n) is 8.83. The summed E-state index contributed by atoms with van der Waals surface area (Å²) < 4.78 is 22.0. The van der Waals surface area contributed by atoms with Crippen molar-refractivity contribution in [3.63, 3.8) is 0 Å². The molecule has 5 heteroatoms. The number of hydrogen-bond acceptors (Lipinski definition) is 3. The Morgan fingerprint density at radius 2 is 1.93 bits per heavy atom. The number of sulfone groups is 1. The van der Waals surface area contributed by atoms with Gasteiger partial charge in [0.2, 0.25) is 5.91 Å². The van der Waals surface area contributed by atoms with Crippen LogP contribution in [0, 0.1) is 5.92 Å². The molecule has 0 bridgehead atoms. The van der Waals surface area contributed by atoms with E-state index in [0.717, 1.165) is 0 Å². The van der Waals surface area contributed by atoms with Gasteiger partial charge in [-0.05, 0) is 12.8 Å². The van der Waals surface area contributed by atoms with Gasteiger partial charge < -0.3 is 5.32 Å². The molecule has 0 aromatic rings. The molecule has 1 fully saturated rings.